The maximum atomic E-state index is 13.5. The van der Waals surface area contributed by atoms with Crippen molar-refractivity contribution in [1.29, 1.82) is 0 Å². The summed E-state index contributed by atoms with van der Waals surface area (Å²) >= 11 is 6.24. The summed E-state index contributed by atoms with van der Waals surface area (Å²) in [6.07, 6.45) is 0.637. The summed E-state index contributed by atoms with van der Waals surface area (Å²) in [5.74, 6) is 0.150. The number of hydrogen-bond donors (Lipinski definition) is 1. The maximum absolute atomic E-state index is 13.5. The predicted molar refractivity (Wildman–Crippen MR) is 104 cm³/mol. The first-order valence-electron chi connectivity index (χ1n) is 8.00. The minimum absolute atomic E-state index is 0. The summed E-state index contributed by atoms with van der Waals surface area (Å²) < 4.78 is 15.0. The highest BCUT2D eigenvalue weighted by Crippen LogP contribution is 2.30. The Hall–Kier alpha value is -2.15. The van der Waals surface area contributed by atoms with Gasteiger partial charge in [0, 0.05) is 6.54 Å². The second-order valence-corrected chi connectivity index (χ2v) is 6.56. The smallest absolute Gasteiger partial charge is 0.282 e. The van der Waals surface area contributed by atoms with Crippen LogP contribution in [0.1, 0.15) is 24.4 Å². The number of nitrogens with two attached hydrogens (primary N) is 1. The zero-order chi connectivity index (χ0) is 17.7. The fourth-order valence-electron chi connectivity index (χ4n) is 3.29. The van der Waals surface area contributed by atoms with Crippen molar-refractivity contribution >= 4 is 40.6 Å². The molecule has 1 aromatic heterocycles. The van der Waals surface area contributed by atoms with E-state index in [2.05, 4.69) is 4.98 Å². The zero-order valence-corrected chi connectivity index (χ0v) is 15.5. The summed E-state index contributed by atoms with van der Waals surface area (Å²) in [5.41, 5.74) is 7.94. The largest absolute Gasteiger partial charge is 0.322 e. The lowest BCUT2D eigenvalue weighted by atomic mass is 10.2. The Bertz CT molecular complexity index is 1050. The van der Waals surface area contributed by atoms with Gasteiger partial charge in [-0.15, -0.1) is 12.4 Å². The lowest BCUT2D eigenvalue weighted by Crippen LogP contribution is -2.41. The van der Waals surface area contributed by atoms with Crippen molar-refractivity contribution in [2.24, 2.45) is 5.73 Å². The molecule has 26 heavy (non-hydrogen) atoms. The summed E-state index contributed by atoms with van der Waals surface area (Å²) in [7, 11) is 0. The number of nitrogens with zero attached hydrogens (tertiary/aromatic N) is 3. The van der Waals surface area contributed by atoms with Crippen LogP contribution in [0.2, 0.25) is 5.02 Å². The molecule has 136 valence electrons. The van der Waals surface area contributed by atoms with Crippen LogP contribution in [0, 0.1) is 5.82 Å². The maximum Gasteiger partial charge on any atom is 0.282 e. The minimum Gasteiger partial charge on any atom is -0.322 e. The molecule has 5 nitrogen and oxygen atoms in total. The molecule has 0 bridgehead atoms. The number of aromatic nitrogens is 2. The fourth-order valence-corrected chi connectivity index (χ4v) is 3.54. The van der Waals surface area contributed by atoms with Gasteiger partial charge in [-0.05, 0) is 49.2 Å². The summed E-state index contributed by atoms with van der Waals surface area (Å²) in [4.78, 5) is 17.8. The van der Waals surface area contributed by atoms with Gasteiger partial charge >= 0.3 is 0 Å². The van der Waals surface area contributed by atoms with Crippen molar-refractivity contribution in [2.45, 2.75) is 19.4 Å². The van der Waals surface area contributed by atoms with E-state index in [0.717, 1.165) is 11.3 Å². The van der Waals surface area contributed by atoms with Crippen molar-refractivity contribution in [2.75, 3.05) is 11.6 Å². The molecule has 1 aliphatic heterocycles. The predicted octanol–water partition coefficient (Wildman–Crippen LogP) is 3.46. The van der Waals surface area contributed by atoms with Gasteiger partial charge in [0.2, 0.25) is 0 Å². The van der Waals surface area contributed by atoms with Crippen LogP contribution < -0.4 is 16.3 Å². The average molecular weight is 395 g/mol. The topological polar surface area (TPSA) is 64.1 Å². The van der Waals surface area contributed by atoms with Gasteiger partial charge in [-0.25, -0.2) is 14.1 Å². The Morgan fingerprint density at radius 2 is 2.08 bits per heavy atom. The monoisotopic (exact) mass is 394 g/mol. The van der Waals surface area contributed by atoms with Crippen molar-refractivity contribution in [1.82, 2.24) is 9.66 Å². The van der Waals surface area contributed by atoms with E-state index in [0.29, 0.717) is 34.7 Å². The molecule has 0 saturated heterocycles. The average Bonchev–Trinajstić information content (AvgIpc) is 2.97. The number of rotatable bonds is 2. The Morgan fingerprint density at radius 3 is 2.81 bits per heavy atom. The first-order valence-corrected chi connectivity index (χ1v) is 8.38. The molecule has 8 heteroatoms. The van der Waals surface area contributed by atoms with Crippen molar-refractivity contribution in [3.05, 3.63) is 69.0 Å². The number of benzene rings is 2. The van der Waals surface area contributed by atoms with Gasteiger partial charge in [0.25, 0.3) is 5.56 Å². The van der Waals surface area contributed by atoms with Crippen LogP contribution in [0.25, 0.3) is 10.9 Å². The van der Waals surface area contributed by atoms with Crippen LogP contribution in [0.4, 0.5) is 10.1 Å². The molecule has 2 heterocycles. The molecular formula is C18H17Cl2FN4O. The highest BCUT2D eigenvalue weighted by atomic mass is 35.5. The molecule has 0 radical (unpaired) electrons. The third-order valence-electron chi connectivity index (χ3n) is 4.41. The molecule has 3 aromatic rings. The van der Waals surface area contributed by atoms with Crippen LogP contribution in [0.5, 0.6) is 0 Å². The molecule has 0 spiro atoms. The highest BCUT2D eigenvalue weighted by molar-refractivity contribution is 6.35. The van der Waals surface area contributed by atoms with Crippen molar-refractivity contribution in [3.8, 4) is 0 Å². The molecule has 0 amide bonds. The van der Waals surface area contributed by atoms with Crippen LogP contribution in [-0.4, -0.2) is 16.2 Å². The molecule has 0 fully saturated rings. The number of anilines is 1. The SMILES string of the molecule is C[C@H](N)c1nc2cccc(Cl)c2c(=O)n1N1CCc2cc(F)ccc21.Cl. The van der Waals surface area contributed by atoms with Gasteiger partial charge in [-0.3, -0.25) is 9.80 Å². The first kappa shape index (κ1) is 18.6. The van der Waals surface area contributed by atoms with Gasteiger partial charge in [-0.2, -0.15) is 0 Å². The summed E-state index contributed by atoms with van der Waals surface area (Å²) in [5, 5.41) is 2.49. The number of fused-ring (bicyclic) bond motifs is 2. The standard InChI is InChI=1S/C18H16ClFN4O.ClH/c1-10(21)17-22-14-4-2-3-13(19)16(14)18(25)24(17)23-8-7-11-9-12(20)5-6-15(11)23;/h2-6,9-10H,7-8,21H2,1H3;1H/t10-;/m0./s1. The zero-order valence-electron chi connectivity index (χ0n) is 13.9. The molecule has 0 aliphatic carbocycles. The number of halogens is 3. The van der Waals surface area contributed by atoms with E-state index >= 15 is 0 Å². The molecule has 1 aliphatic rings. The van der Waals surface area contributed by atoms with E-state index in [1.807, 2.05) is 0 Å². The van der Waals surface area contributed by atoms with E-state index in [1.165, 1.54) is 16.8 Å². The quantitative estimate of drug-likeness (QED) is 0.722. The van der Waals surface area contributed by atoms with Gasteiger partial charge in [0.15, 0.2) is 0 Å². The first-order chi connectivity index (χ1) is 12.0. The Morgan fingerprint density at radius 1 is 1.31 bits per heavy atom. The van der Waals surface area contributed by atoms with Crippen LogP contribution in [-0.2, 0) is 6.42 Å². The molecule has 4 rings (SSSR count). The third-order valence-corrected chi connectivity index (χ3v) is 4.73. The van der Waals surface area contributed by atoms with Crippen molar-refractivity contribution < 1.29 is 4.39 Å². The second kappa shape index (κ2) is 6.87. The molecule has 2 aromatic carbocycles. The van der Waals surface area contributed by atoms with Gasteiger partial charge in [0.05, 0.1) is 27.7 Å². The number of hydrogen-bond acceptors (Lipinski definition) is 4. The fraction of sp³-hybridized carbons (Fsp3) is 0.222. The normalized spacial score (nSPS) is 14.2. The van der Waals surface area contributed by atoms with Crippen LogP contribution in [0.15, 0.2) is 41.2 Å². The molecule has 0 unspecified atom stereocenters. The Balaban J connectivity index is 0.00000196. The lowest BCUT2D eigenvalue weighted by Gasteiger charge is -2.26. The van der Waals surface area contributed by atoms with Crippen molar-refractivity contribution in [3.63, 3.8) is 0 Å². The molecule has 1 atom stereocenters. The van der Waals surface area contributed by atoms with E-state index in [4.69, 9.17) is 17.3 Å². The van der Waals surface area contributed by atoms with Gasteiger partial charge in [-0.1, -0.05) is 17.7 Å². The van der Waals surface area contributed by atoms with E-state index in [9.17, 15) is 9.18 Å². The van der Waals surface area contributed by atoms with E-state index in [1.54, 1.807) is 36.2 Å². The van der Waals surface area contributed by atoms with Crippen LogP contribution in [0.3, 0.4) is 0 Å². The Kier molecular flexibility index (Phi) is 4.92. The highest BCUT2D eigenvalue weighted by Gasteiger charge is 2.26. The third kappa shape index (κ3) is 2.84. The van der Waals surface area contributed by atoms with E-state index in [-0.39, 0.29) is 23.8 Å². The summed E-state index contributed by atoms with van der Waals surface area (Å²) in [6.45, 7) is 2.31. The minimum atomic E-state index is -0.458. The summed E-state index contributed by atoms with van der Waals surface area (Å²) in [6, 6.07) is 9.25. The van der Waals surface area contributed by atoms with E-state index < -0.39 is 6.04 Å². The molecule has 2 N–H and O–H groups in total. The van der Waals surface area contributed by atoms with Gasteiger partial charge < -0.3 is 5.73 Å². The van der Waals surface area contributed by atoms with Gasteiger partial charge in [0.1, 0.15) is 11.6 Å². The second-order valence-electron chi connectivity index (χ2n) is 6.16. The Labute approximate surface area is 160 Å². The molecule has 0 saturated carbocycles. The van der Waals surface area contributed by atoms with Crippen LogP contribution >= 0.6 is 24.0 Å². The lowest BCUT2D eigenvalue weighted by molar-refractivity contribution is 0.593. The molecular weight excluding hydrogens is 378 g/mol.